The Bertz CT molecular complexity index is 1340. The minimum Gasteiger partial charge on any atom is -0.334 e. The fraction of sp³-hybridized carbons (Fsp3) is 0.0800. The van der Waals surface area contributed by atoms with Crippen molar-refractivity contribution >= 4 is 28.9 Å². The van der Waals surface area contributed by atoms with Gasteiger partial charge in [-0.15, -0.1) is 0 Å². The summed E-state index contributed by atoms with van der Waals surface area (Å²) in [4.78, 5) is 19.2. The molecule has 164 valence electrons. The third-order valence-electron chi connectivity index (χ3n) is 5.46. The monoisotopic (exact) mass is 460 g/mol. The van der Waals surface area contributed by atoms with Crippen LogP contribution in [0, 0.1) is 5.82 Å². The Balaban J connectivity index is 1.64. The van der Waals surface area contributed by atoms with E-state index in [-0.39, 0.29) is 17.7 Å². The van der Waals surface area contributed by atoms with Crippen LogP contribution in [0.5, 0.6) is 0 Å². The molecule has 0 saturated carbocycles. The maximum absolute atomic E-state index is 13.5. The van der Waals surface area contributed by atoms with Crippen molar-refractivity contribution < 1.29 is 13.7 Å². The van der Waals surface area contributed by atoms with Gasteiger partial charge in [0.2, 0.25) is 5.82 Å². The van der Waals surface area contributed by atoms with Gasteiger partial charge in [-0.1, -0.05) is 47.1 Å². The van der Waals surface area contributed by atoms with Gasteiger partial charge in [0.25, 0.3) is 5.89 Å². The number of anilines is 1. The number of urea groups is 1. The predicted octanol–water partition coefficient (Wildman–Crippen LogP) is 6.23. The molecule has 1 aliphatic heterocycles. The first-order valence-electron chi connectivity index (χ1n) is 10.2. The Morgan fingerprint density at radius 2 is 1.70 bits per heavy atom. The van der Waals surface area contributed by atoms with Crippen LogP contribution in [0.15, 0.2) is 89.1 Å². The molecule has 1 unspecified atom stereocenters. The first kappa shape index (κ1) is 20.9. The smallest absolute Gasteiger partial charge is 0.326 e. The number of carbonyl (C=O) groups is 1. The molecule has 5 rings (SSSR count). The number of hydrogen-bond acceptors (Lipinski definition) is 4. The summed E-state index contributed by atoms with van der Waals surface area (Å²) in [5.74, 6) is 0.294. The molecule has 8 heteroatoms. The number of benzene rings is 3. The minimum atomic E-state index is -0.506. The van der Waals surface area contributed by atoms with Crippen LogP contribution in [0.1, 0.15) is 24.4 Å². The maximum Gasteiger partial charge on any atom is 0.326 e. The molecule has 3 aromatic carbocycles. The van der Waals surface area contributed by atoms with Crippen molar-refractivity contribution in [2.75, 3.05) is 4.90 Å². The molecule has 0 spiro atoms. The van der Waals surface area contributed by atoms with E-state index in [9.17, 15) is 9.18 Å². The van der Waals surface area contributed by atoms with E-state index in [0.29, 0.717) is 27.8 Å². The van der Waals surface area contributed by atoms with E-state index < -0.39 is 6.04 Å². The molecule has 1 aromatic heterocycles. The SMILES string of the molecule is CC1=C(c2nc(-c3ccc(Cl)cc3)no2)C(c2ccccc2)NC(=O)N1c1ccc(F)cc1. The normalized spacial score (nSPS) is 16.2. The van der Waals surface area contributed by atoms with Crippen molar-refractivity contribution in [2.45, 2.75) is 13.0 Å². The highest BCUT2D eigenvalue weighted by Gasteiger charge is 2.36. The van der Waals surface area contributed by atoms with Crippen LogP contribution in [0.3, 0.4) is 0 Å². The molecule has 4 aromatic rings. The van der Waals surface area contributed by atoms with E-state index in [2.05, 4.69) is 15.5 Å². The Hall–Kier alpha value is -3.97. The zero-order chi connectivity index (χ0) is 22.9. The Morgan fingerprint density at radius 1 is 1.00 bits per heavy atom. The van der Waals surface area contributed by atoms with Crippen molar-refractivity contribution in [3.05, 3.63) is 107 Å². The zero-order valence-electron chi connectivity index (χ0n) is 17.5. The van der Waals surface area contributed by atoms with E-state index in [1.165, 1.54) is 17.0 Å². The van der Waals surface area contributed by atoms with Gasteiger partial charge < -0.3 is 9.84 Å². The average Bonchev–Trinajstić information content (AvgIpc) is 3.30. The van der Waals surface area contributed by atoms with Crippen molar-refractivity contribution in [2.24, 2.45) is 0 Å². The molecular weight excluding hydrogens is 443 g/mol. The molecule has 2 amide bonds. The number of carbonyl (C=O) groups excluding carboxylic acids is 1. The number of rotatable bonds is 4. The predicted molar refractivity (Wildman–Crippen MR) is 124 cm³/mol. The highest BCUT2D eigenvalue weighted by molar-refractivity contribution is 6.30. The highest BCUT2D eigenvalue weighted by atomic mass is 35.5. The molecule has 1 atom stereocenters. The second-order valence-corrected chi connectivity index (χ2v) is 7.97. The molecule has 1 aliphatic rings. The Kier molecular flexibility index (Phi) is 5.40. The molecule has 2 heterocycles. The van der Waals surface area contributed by atoms with Gasteiger partial charge in [0, 0.05) is 16.3 Å². The van der Waals surface area contributed by atoms with Gasteiger partial charge in [0.1, 0.15) is 5.82 Å². The summed E-state index contributed by atoms with van der Waals surface area (Å²) in [5, 5.41) is 7.77. The Labute approximate surface area is 194 Å². The molecule has 0 fully saturated rings. The number of halogens is 2. The summed E-state index contributed by atoms with van der Waals surface area (Å²) in [6, 6.07) is 21.5. The fourth-order valence-electron chi connectivity index (χ4n) is 3.87. The molecule has 0 radical (unpaired) electrons. The van der Waals surface area contributed by atoms with Crippen molar-refractivity contribution in [3.8, 4) is 11.4 Å². The van der Waals surface area contributed by atoms with Gasteiger partial charge in [-0.05, 0) is 61.0 Å². The number of allylic oxidation sites excluding steroid dienone is 1. The van der Waals surface area contributed by atoms with E-state index in [1.54, 1.807) is 43.3 Å². The lowest BCUT2D eigenvalue weighted by Gasteiger charge is -2.35. The van der Waals surface area contributed by atoms with Gasteiger partial charge >= 0.3 is 6.03 Å². The summed E-state index contributed by atoms with van der Waals surface area (Å²) in [6.45, 7) is 1.81. The van der Waals surface area contributed by atoms with Crippen LogP contribution in [-0.4, -0.2) is 16.2 Å². The van der Waals surface area contributed by atoms with Gasteiger partial charge in [-0.25, -0.2) is 9.18 Å². The summed E-state index contributed by atoms with van der Waals surface area (Å²) in [6.07, 6.45) is 0. The number of aromatic nitrogens is 2. The van der Waals surface area contributed by atoms with Crippen LogP contribution in [-0.2, 0) is 0 Å². The standard InChI is InChI=1S/C25H18ClFN4O2/c1-15-21(24-29-23(30-33-24)17-7-9-18(26)10-8-17)22(16-5-3-2-4-6-16)28-25(32)31(15)20-13-11-19(27)12-14-20/h2-14,22H,1H3,(H,28,32). The van der Waals surface area contributed by atoms with E-state index in [1.807, 2.05) is 30.3 Å². The van der Waals surface area contributed by atoms with Crippen molar-refractivity contribution in [3.63, 3.8) is 0 Å². The van der Waals surface area contributed by atoms with Gasteiger partial charge in [0.05, 0.1) is 17.3 Å². The van der Waals surface area contributed by atoms with Crippen LogP contribution in [0.25, 0.3) is 17.0 Å². The molecule has 33 heavy (non-hydrogen) atoms. The van der Waals surface area contributed by atoms with Crippen molar-refractivity contribution in [1.82, 2.24) is 15.5 Å². The number of nitrogens with one attached hydrogen (secondary N) is 1. The van der Waals surface area contributed by atoms with Crippen LogP contribution >= 0.6 is 11.6 Å². The molecular formula is C25H18ClFN4O2. The van der Waals surface area contributed by atoms with E-state index in [0.717, 1.165) is 11.1 Å². The molecule has 1 N–H and O–H groups in total. The second-order valence-electron chi connectivity index (χ2n) is 7.53. The van der Waals surface area contributed by atoms with Crippen LogP contribution in [0.4, 0.5) is 14.9 Å². The lowest BCUT2D eigenvalue weighted by Crippen LogP contribution is -2.46. The second kappa shape index (κ2) is 8.52. The summed E-state index contributed by atoms with van der Waals surface area (Å²) < 4.78 is 19.1. The highest BCUT2D eigenvalue weighted by Crippen LogP contribution is 2.39. The molecule has 6 nitrogen and oxygen atoms in total. The van der Waals surface area contributed by atoms with E-state index >= 15 is 0 Å². The van der Waals surface area contributed by atoms with Gasteiger partial charge in [0.15, 0.2) is 0 Å². The third-order valence-corrected chi connectivity index (χ3v) is 5.71. The summed E-state index contributed by atoms with van der Waals surface area (Å²) in [7, 11) is 0. The molecule has 0 bridgehead atoms. The van der Waals surface area contributed by atoms with Crippen LogP contribution in [0.2, 0.25) is 5.02 Å². The third kappa shape index (κ3) is 3.99. The first-order valence-corrected chi connectivity index (χ1v) is 10.6. The average molecular weight is 461 g/mol. The topological polar surface area (TPSA) is 71.3 Å². The quantitative estimate of drug-likeness (QED) is 0.392. The molecule has 0 aliphatic carbocycles. The number of hydrogen-bond donors (Lipinski definition) is 1. The number of nitrogens with zero attached hydrogens (tertiary/aromatic N) is 3. The van der Waals surface area contributed by atoms with E-state index in [4.69, 9.17) is 16.1 Å². The Morgan fingerprint density at radius 3 is 2.39 bits per heavy atom. The zero-order valence-corrected chi connectivity index (χ0v) is 18.3. The maximum atomic E-state index is 13.5. The van der Waals surface area contributed by atoms with Crippen molar-refractivity contribution in [1.29, 1.82) is 0 Å². The van der Waals surface area contributed by atoms with Crippen LogP contribution < -0.4 is 10.2 Å². The summed E-state index contributed by atoms with van der Waals surface area (Å²) in [5.41, 5.74) is 3.39. The minimum absolute atomic E-state index is 0.276. The molecule has 0 saturated heterocycles. The van der Waals surface area contributed by atoms with Gasteiger partial charge in [-0.3, -0.25) is 4.90 Å². The lowest BCUT2D eigenvalue weighted by atomic mass is 9.94. The largest absolute Gasteiger partial charge is 0.334 e. The first-order chi connectivity index (χ1) is 16.0. The van der Waals surface area contributed by atoms with Gasteiger partial charge in [-0.2, -0.15) is 4.98 Å². The summed E-state index contributed by atoms with van der Waals surface area (Å²) >= 11 is 5.99. The lowest BCUT2D eigenvalue weighted by molar-refractivity contribution is 0.244. The fourth-order valence-corrected chi connectivity index (χ4v) is 3.99. The number of amides is 2.